The lowest BCUT2D eigenvalue weighted by atomic mass is 10.2. The first kappa shape index (κ1) is 30.6. The summed E-state index contributed by atoms with van der Waals surface area (Å²) in [5.41, 5.74) is 11.5. The molecule has 238 valence electrons. The van der Waals surface area contributed by atoms with Crippen molar-refractivity contribution in [1.82, 2.24) is 39.0 Å². The fraction of sp³-hybridized carbons (Fsp3) is 0.500. The fourth-order valence-electron chi connectivity index (χ4n) is 4.94. The molecule has 0 aromatic carbocycles. The van der Waals surface area contributed by atoms with E-state index in [2.05, 4.69) is 34.4 Å². The molecule has 9 N–H and O–H groups in total. The molecule has 2 fully saturated rings. The van der Waals surface area contributed by atoms with E-state index in [9.17, 15) is 33.7 Å². The van der Waals surface area contributed by atoms with Crippen LogP contribution < -0.4 is 17.0 Å². The van der Waals surface area contributed by atoms with E-state index in [-0.39, 0.29) is 46.9 Å². The van der Waals surface area contributed by atoms with Gasteiger partial charge in [-0.1, -0.05) is 0 Å². The second-order valence-electron chi connectivity index (χ2n) is 9.85. The first-order valence-corrected chi connectivity index (χ1v) is 15.8. The first-order valence-electron chi connectivity index (χ1n) is 12.8. The number of nitrogens with one attached hydrogen (secondary N) is 1. The predicted molar refractivity (Wildman–Crippen MR) is 144 cm³/mol. The summed E-state index contributed by atoms with van der Waals surface area (Å²) >= 11 is 0. The summed E-state index contributed by atoms with van der Waals surface area (Å²) in [7, 11) is -9.84. The van der Waals surface area contributed by atoms with E-state index in [0.717, 1.165) is 0 Å². The van der Waals surface area contributed by atoms with Gasteiger partial charge in [-0.15, -0.1) is 0 Å². The van der Waals surface area contributed by atoms with E-state index >= 15 is 0 Å². The highest BCUT2D eigenvalue weighted by molar-refractivity contribution is 7.47. The number of nitrogens with zero attached hydrogens (tertiary/aromatic N) is 7. The molecule has 0 amide bonds. The lowest BCUT2D eigenvalue weighted by molar-refractivity contribution is -0.0549. The van der Waals surface area contributed by atoms with Crippen molar-refractivity contribution in [3.8, 4) is 0 Å². The van der Waals surface area contributed by atoms with Gasteiger partial charge in [-0.3, -0.25) is 32.5 Å². The number of anilines is 2. The average Bonchev–Trinajstić information content (AvgIpc) is 3.71. The van der Waals surface area contributed by atoms with Crippen molar-refractivity contribution < 1.29 is 52.0 Å². The minimum Gasteiger partial charge on any atom is -0.390 e. The summed E-state index contributed by atoms with van der Waals surface area (Å²) in [5, 5.41) is 10.6. The highest BCUT2D eigenvalue weighted by Gasteiger charge is 2.44. The Bertz CT molecular complexity index is 1840. The van der Waals surface area contributed by atoms with Crippen LogP contribution in [-0.4, -0.2) is 96.5 Å². The molecular formula is C20H26N10O12P2. The van der Waals surface area contributed by atoms with Crippen LogP contribution in [0, 0.1) is 0 Å². The van der Waals surface area contributed by atoms with Gasteiger partial charge >= 0.3 is 15.6 Å². The van der Waals surface area contributed by atoms with Gasteiger partial charge in [0.05, 0.1) is 32.0 Å². The Morgan fingerprint density at radius 2 is 1.59 bits per heavy atom. The third-order valence-corrected chi connectivity index (χ3v) is 8.42. The molecule has 0 saturated carbocycles. The molecule has 0 aliphatic carbocycles. The average molecular weight is 660 g/mol. The van der Waals surface area contributed by atoms with Crippen LogP contribution in [0.15, 0.2) is 23.8 Å². The summed E-state index contributed by atoms with van der Waals surface area (Å²) in [6, 6.07) is 0. The summed E-state index contributed by atoms with van der Waals surface area (Å²) in [6.07, 6.45) is -2.87. The minimum absolute atomic E-state index is 0.000717. The van der Waals surface area contributed by atoms with Crippen LogP contribution in [0.3, 0.4) is 0 Å². The Hall–Kier alpha value is -3.40. The van der Waals surface area contributed by atoms with Crippen LogP contribution in [0.2, 0.25) is 0 Å². The van der Waals surface area contributed by atoms with E-state index < -0.39 is 71.3 Å². The number of phosphoric ester groups is 2. The number of imidazole rings is 2. The Labute approximate surface area is 244 Å². The summed E-state index contributed by atoms with van der Waals surface area (Å²) in [5.74, 6) is -0.0506. The van der Waals surface area contributed by atoms with Gasteiger partial charge in [0.15, 0.2) is 22.6 Å². The van der Waals surface area contributed by atoms with E-state index in [1.807, 2.05) is 0 Å². The standard InChI is InChI=1S/C20H26N10O12P2/c21-16-14-17(24-5-23-16)29(6-25-14)13-2-9(11(41-13)4-38-43(33,34)35)42-44(36,37)39-3-10-8(31)1-12(40-10)30-7-26-15-18(30)27-20(22)28-19(15)32/h5-13,31H,1-4H2,(H,36,37)(H2,21,23,24)(H2,33,34,35)(H3,22,27,28,32)/t8-,9?,10-,11-,12-,13-/m1/s1. The summed E-state index contributed by atoms with van der Waals surface area (Å²) in [4.78, 5) is 63.4. The van der Waals surface area contributed by atoms with Crippen LogP contribution in [0.1, 0.15) is 25.3 Å². The molecule has 24 heteroatoms. The number of fused-ring (bicyclic) bond motifs is 2. The highest BCUT2D eigenvalue weighted by atomic mass is 31.2. The zero-order chi connectivity index (χ0) is 31.4. The van der Waals surface area contributed by atoms with Crippen molar-refractivity contribution in [2.24, 2.45) is 0 Å². The molecule has 0 spiro atoms. The number of H-pyrrole nitrogens is 1. The smallest absolute Gasteiger partial charge is 0.390 e. The maximum absolute atomic E-state index is 13.0. The summed E-state index contributed by atoms with van der Waals surface area (Å²) < 4.78 is 53.8. The molecular weight excluding hydrogens is 634 g/mol. The number of nitrogens with two attached hydrogens (primary N) is 2. The molecule has 2 unspecified atom stereocenters. The molecule has 4 aromatic heterocycles. The molecule has 2 saturated heterocycles. The van der Waals surface area contributed by atoms with E-state index in [1.165, 1.54) is 28.1 Å². The third kappa shape index (κ3) is 6.23. The van der Waals surface area contributed by atoms with Gasteiger partial charge in [0.2, 0.25) is 5.95 Å². The Morgan fingerprint density at radius 3 is 2.34 bits per heavy atom. The van der Waals surface area contributed by atoms with Gasteiger partial charge in [-0.2, -0.15) is 4.98 Å². The van der Waals surface area contributed by atoms with Crippen molar-refractivity contribution in [2.75, 3.05) is 24.7 Å². The second-order valence-corrected chi connectivity index (χ2v) is 12.5. The number of aromatic amines is 1. The van der Waals surface area contributed by atoms with Crippen molar-refractivity contribution in [1.29, 1.82) is 0 Å². The number of hydrogen-bond acceptors (Lipinski definition) is 16. The van der Waals surface area contributed by atoms with Gasteiger partial charge < -0.3 is 40.7 Å². The van der Waals surface area contributed by atoms with E-state index in [1.54, 1.807) is 0 Å². The van der Waals surface area contributed by atoms with Crippen molar-refractivity contribution in [3.05, 3.63) is 29.3 Å². The van der Waals surface area contributed by atoms with Gasteiger partial charge in [0, 0.05) is 12.8 Å². The van der Waals surface area contributed by atoms with Crippen LogP contribution in [0.4, 0.5) is 11.8 Å². The van der Waals surface area contributed by atoms with Crippen molar-refractivity contribution in [3.63, 3.8) is 0 Å². The van der Waals surface area contributed by atoms with Gasteiger partial charge in [0.1, 0.15) is 42.6 Å². The zero-order valence-corrected chi connectivity index (χ0v) is 24.0. The number of aliphatic hydroxyl groups excluding tert-OH is 1. The van der Waals surface area contributed by atoms with Crippen LogP contribution >= 0.6 is 15.6 Å². The monoisotopic (exact) mass is 660 g/mol. The number of aromatic nitrogens is 8. The molecule has 2 aliphatic heterocycles. The number of hydrogen-bond donors (Lipinski definition) is 7. The van der Waals surface area contributed by atoms with Gasteiger partial charge in [-0.05, 0) is 0 Å². The molecule has 7 atom stereocenters. The molecule has 6 heterocycles. The number of aliphatic hydroxyl groups is 1. The largest absolute Gasteiger partial charge is 0.472 e. The number of rotatable bonds is 10. The van der Waals surface area contributed by atoms with Gasteiger partial charge in [-0.25, -0.2) is 29.1 Å². The Morgan fingerprint density at radius 1 is 0.932 bits per heavy atom. The van der Waals surface area contributed by atoms with Crippen LogP contribution in [-0.2, 0) is 32.2 Å². The molecule has 44 heavy (non-hydrogen) atoms. The van der Waals surface area contributed by atoms with Crippen molar-refractivity contribution >= 4 is 49.7 Å². The maximum atomic E-state index is 13.0. The topological polar surface area (TPSA) is 320 Å². The fourth-order valence-corrected chi connectivity index (χ4v) is 6.24. The first-order chi connectivity index (χ1) is 20.8. The Balaban J connectivity index is 1.13. The van der Waals surface area contributed by atoms with E-state index in [4.69, 9.17) is 30.0 Å². The molecule has 22 nitrogen and oxygen atoms in total. The van der Waals surface area contributed by atoms with Crippen LogP contribution in [0.5, 0.6) is 0 Å². The Kier molecular flexibility index (Phi) is 8.01. The van der Waals surface area contributed by atoms with Gasteiger partial charge in [0.25, 0.3) is 5.56 Å². The molecule has 6 rings (SSSR count). The lowest BCUT2D eigenvalue weighted by Crippen LogP contribution is -2.29. The normalized spacial score (nSPS) is 27.4. The minimum atomic E-state index is -4.94. The predicted octanol–water partition coefficient (Wildman–Crippen LogP) is -1.33. The SMILES string of the molecule is Nc1nc2c(ncn2[C@H]2C[C@@H](O)[C@@H](COP(=O)(O)OC3C[C@H](n4cnc5c(N)ncnc54)O[C@@H]3COP(=O)(O)O)O2)c(=O)[nH]1. The molecule has 2 aliphatic rings. The molecule has 4 aromatic rings. The lowest BCUT2D eigenvalue weighted by Gasteiger charge is -2.22. The summed E-state index contributed by atoms with van der Waals surface area (Å²) in [6.45, 7) is -1.31. The highest BCUT2D eigenvalue weighted by Crippen LogP contribution is 2.50. The molecule has 0 bridgehead atoms. The number of ether oxygens (including phenoxy) is 2. The quantitative estimate of drug-likeness (QED) is 0.0969. The number of phosphoric acid groups is 2. The second kappa shape index (κ2) is 11.5. The molecule has 0 radical (unpaired) electrons. The number of nitrogen functional groups attached to an aromatic ring is 2. The zero-order valence-electron chi connectivity index (χ0n) is 22.3. The van der Waals surface area contributed by atoms with Crippen molar-refractivity contribution in [2.45, 2.75) is 49.7 Å². The maximum Gasteiger partial charge on any atom is 0.472 e. The van der Waals surface area contributed by atoms with Crippen LogP contribution in [0.25, 0.3) is 22.3 Å². The van der Waals surface area contributed by atoms with E-state index in [0.29, 0.717) is 0 Å². The third-order valence-electron chi connectivity index (χ3n) is 6.92.